The standard InChI is InChI=1S/C18H10/c1-2-8-14-13(7-1)15-9-3-4-11-17(15)18-12-6-5-10-16(14)18/h1-5,7,9-12H. The van der Waals surface area contributed by atoms with Crippen molar-refractivity contribution < 1.29 is 0 Å². The first-order valence-corrected chi connectivity index (χ1v) is 6.06. The molecule has 4 aromatic rings. The highest BCUT2D eigenvalue weighted by atomic mass is 14.1. The van der Waals surface area contributed by atoms with Gasteiger partial charge in [0.05, 0.1) is 0 Å². The van der Waals surface area contributed by atoms with Crippen molar-refractivity contribution in [3.8, 4) is 0 Å². The average molecular weight is 226 g/mol. The molecule has 0 atom stereocenters. The molecule has 4 aromatic carbocycles. The predicted molar refractivity (Wildman–Crippen MR) is 76.6 cm³/mol. The zero-order valence-electron chi connectivity index (χ0n) is 9.77. The summed E-state index contributed by atoms with van der Waals surface area (Å²) in [5.74, 6) is 0. The van der Waals surface area contributed by atoms with E-state index in [9.17, 15) is 0 Å². The van der Waals surface area contributed by atoms with E-state index in [2.05, 4.69) is 60.7 Å². The fourth-order valence-electron chi connectivity index (χ4n) is 2.71. The third-order valence-corrected chi connectivity index (χ3v) is 3.50. The first-order valence-electron chi connectivity index (χ1n) is 6.06. The molecule has 82 valence electrons. The van der Waals surface area contributed by atoms with Crippen LogP contribution in [0.4, 0.5) is 0 Å². The second-order valence-corrected chi connectivity index (χ2v) is 4.48. The molecule has 0 spiro atoms. The van der Waals surface area contributed by atoms with Crippen molar-refractivity contribution >= 4 is 32.3 Å². The topological polar surface area (TPSA) is 0 Å². The molecule has 0 heterocycles. The molecule has 0 aromatic heterocycles. The summed E-state index contributed by atoms with van der Waals surface area (Å²) in [5.41, 5.74) is 0. The Hall–Kier alpha value is -2.34. The van der Waals surface area contributed by atoms with Gasteiger partial charge in [-0.1, -0.05) is 54.6 Å². The first kappa shape index (κ1) is 9.67. The number of hydrogen-bond acceptors (Lipinski definition) is 0. The third kappa shape index (κ3) is 1.20. The number of hydrogen-bond donors (Lipinski definition) is 0. The molecule has 0 unspecified atom stereocenters. The van der Waals surface area contributed by atoms with E-state index in [1.165, 1.54) is 32.3 Å². The summed E-state index contributed by atoms with van der Waals surface area (Å²) in [6.45, 7) is 0. The van der Waals surface area contributed by atoms with Gasteiger partial charge < -0.3 is 0 Å². The Morgan fingerprint density at radius 1 is 0.611 bits per heavy atom. The molecule has 0 amide bonds. The van der Waals surface area contributed by atoms with Crippen LogP contribution in [0.1, 0.15) is 0 Å². The zero-order valence-corrected chi connectivity index (χ0v) is 9.77. The molecule has 2 radical (unpaired) electrons. The zero-order chi connectivity index (χ0) is 11.9. The summed E-state index contributed by atoms with van der Waals surface area (Å²) in [6.07, 6.45) is 0. The smallest absolute Gasteiger partial charge is 0.00201 e. The van der Waals surface area contributed by atoms with Crippen molar-refractivity contribution in [1.82, 2.24) is 0 Å². The molecule has 4 rings (SSSR count). The van der Waals surface area contributed by atoms with Crippen molar-refractivity contribution in [3.05, 3.63) is 72.8 Å². The van der Waals surface area contributed by atoms with Gasteiger partial charge in [0.2, 0.25) is 0 Å². The minimum Gasteiger partial charge on any atom is -0.0616 e. The van der Waals surface area contributed by atoms with E-state index in [-0.39, 0.29) is 0 Å². The Balaban J connectivity index is 2.46. The van der Waals surface area contributed by atoms with Gasteiger partial charge in [0.15, 0.2) is 0 Å². The third-order valence-electron chi connectivity index (χ3n) is 3.50. The van der Waals surface area contributed by atoms with E-state index in [1.54, 1.807) is 0 Å². The van der Waals surface area contributed by atoms with Gasteiger partial charge in [-0.05, 0) is 50.5 Å². The SMILES string of the molecule is [c]1ccc2c3[c]cccc3c3ccccc3c2c1. The van der Waals surface area contributed by atoms with E-state index in [0.29, 0.717) is 0 Å². The molecule has 0 N–H and O–H groups in total. The molecule has 0 heteroatoms. The van der Waals surface area contributed by atoms with Gasteiger partial charge in [-0.15, -0.1) is 0 Å². The van der Waals surface area contributed by atoms with Crippen molar-refractivity contribution in [2.75, 3.05) is 0 Å². The average Bonchev–Trinajstić information content (AvgIpc) is 2.48. The Morgan fingerprint density at radius 3 is 2.22 bits per heavy atom. The van der Waals surface area contributed by atoms with Gasteiger partial charge in [0.1, 0.15) is 0 Å². The highest BCUT2D eigenvalue weighted by Crippen LogP contribution is 2.33. The summed E-state index contributed by atoms with van der Waals surface area (Å²) in [7, 11) is 0. The summed E-state index contributed by atoms with van der Waals surface area (Å²) >= 11 is 0. The lowest BCUT2D eigenvalue weighted by Crippen LogP contribution is -1.82. The lowest BCUT2D eigenvalue weighted by Gasteiger charge is -2.09. The summed E-state index contributed by atoms with van der Waals surface area (Å²) in [4.78, 5) is 0. The van der Waals surface area contributed by atoms with Crippen LogP contribution in [-0.2, 0) is 0 Å². The number of benzene rings is 4. The minimum absolute atomic E-state index is 1.19. The molecule has 0 aliphatic heterocycles. The number of rotatable bonds is 0. The molecular weight excluding hydrogens is 216 g/mol. The molecular formula is C18H10. The monoisotopic (exact) mass is 226 g/mol. The van der Waals surface area contributed by atoms with Crippen LogP contribution in [0.2, 0.25) is 0 Å². The molecule has 0 fully saturated rings. The highest BCUT2D eigenvalue weighted by Gasteiger charge is 2.06. The fourth-order valence-corrected chi connectivity index (χ4v) is 2.71. The lowest BCUT2D eigenvalue weighted by atomic mass is 9.95. The molecule has 0 aliphatic rings. The van der Waals surface area contributed by atoms with Crippen LogP contribution in [0.5, 0.6) is 0 Å². The predicted octanol–water partition coefficient (Wildman–Crippen LogP) is 4.75. The van der Waals surface area contributed by atoms with Crippen LogP contribution >= 0.6 is 0 Å². The Labute approximate surface area is 105 Å². The number of fused-ring (bicyclic) bond motifs is 6. The van der Waals surface area contributed by atoms with Crippen LogP contribution in [0, 0.1) is 12.1 Å². The second-order valence-electron chi connectivity index (χ2n) is 4.48. The van der Waals surface area contributed by atoms with Gasteiger partial charge in [-0.2, -0.15) is 0 Å². The normalized spacial score (nSPS) is 11.3. The van der Waals surface area contributed by atoms with Gasteiger partial charge in [-0.3, -0.25) is 0 Å². The van der Waals surface area contributed by atoms with Crippen molar-refractivity contribution in [3.63, 3.8) is 0 Å². The van der Waals surface area contributed by atoms with E-state index in [1.807, 2.05) is 12.1 Å². The van der Waals surface area contributed by atoms with Gasteiger partial charge in [-0.25, -0.2) is 0 Å². The van der Waals surface area contributed by atoms with Crippen LogP contribution in [-0.4, -0.2) is 0 Å². The highest BCUT2D eigenvalue weighted by molar-refractivity contribution is 6.24. The Kier molecular flexibility index (Phi) is 1.92. The van der Waals surface area contributed by atoms with E-state index >= 15 is 0 Å². The Bertz CT molecular complexity index is 652. The van der Waals surface area contributed by atoms with Crippen LogP contribution in [0.25, 0.3) is 32.3 Å². The molecule has 0 saturated carbocycles. The van der Waals surface area contributed by atoms with Crippen molar-refractivity contribution in [2.24, 2.45) is 0 Å². The van der Waals surface area contributed by atoms with Gasteiger partial charge in [0.25, 0.3) is 0 Å². The first-order chi connectivity index (χ1) is 8.95. The second kappa shape index (κ2) is 3.58. The minimum atomic E-state index is 1.19. The van der Waals surface area contributed by atoms with Crippen LogP contribution in [0.15, 0.2) is 60.7 Å². The maximum atomic E-state index is 3.37. The molecule has 18 heavy (non-hydrogen) atoms. The molecule has 0 aliphatic carbocycles. The van der Waals surface area contributed by atoms with Crippen molar-refractivity contribution in [1.29, 1.82) is 0 Å². The quantitative estimate of drug-likeness (QED) is 0.380. The molecule has 0 bridgehead atoms. The van der Waals surface area contributed by atoms with E-state index < -0.39 is 0 Å². The van der Waals surface area contributed by atoms with Crippen LogP contribution < -0.4 is 0 Å². The van der Waals surface area contributed by atoms with Crippen LogP contribution in [0.3, 0.4) is 0 Å². The molecule has 0 nitrogen and oxygen atoms in total. The summed E-state index contributed by atoms with van der Waals surface area (Å²) < 4.78 is 0. The molecule has 0 saturated heterocycles. The maximum absolute atomic E-state index is 3.37. The van der Waals surface area contributed by atoms with E-state index in [4.69, 9.17) is 0 Å². The largest absolute Gasteiger partial charge is 0.0616 e. The maximum Gasteiger partial charge on any atom is -0.00201 e. The Morgan fingerprint density at radius 2 is 1.33 bits per heavy atom. The van der Waals surface area contributed by atoms with Gasteiger partial charge >= 0.3 is 0 Å². The fraction of sp³-hybridized carbons (Fsp3) is 0. The summed E-state index contributed by atoms with van der Waals surface area (Å²) in [5, 5.41) is 7.55. The van der Waals surface area contributed by atoms with E-state index in [0.717, 1.165) is 0 Å². The van der Waals surface area contributed by atoms with Gasteiger partial charge in [0, 0.05) is 0 Å². The summed E-state index contributed by atoms with van der Waals surface area (Å²) in [6, 6.07) is 27.5. The van der Waals surface area contributed by atoms with Crippen molar-refractivity contribution in [2.45, 2.75) is 0 Å². The lowest BCUT2D eigenvalue weighted by molar-refractivity contribution is 1.76.